The molecule has 24 heavy (non-hydrogen) atoms. The molecule has 0 aliphatic carbocycles. The van der Waals surface area contributed by atoms with Crippen LogP contribution in [0, 0.1) is 5.82 Å². The first kappa shape index (κ1) is 15.0. The molecule has 2 heterocycles. The molecule has 0 aliphatic heterocycles. The fourth-order valence-electron chi connectivity index (χ4n) is 2.41. The summed E-state index contributed by atoms with van der Waals surface area (Å²) in [7, 11) is 0. The van der Waals surface area contributed by atoms with Gasteiger partial charge in [0.25, 0.3) is 5.56 Å². The molecular weight excluding hydrogens is 349 g/mol. The largest absolute Gasteiger partial charge is 0.277 e. The molecule has 0 spiro atoms. The van der Waals surface area contributed by atoms with Gasteiger partial charge in [-0.25, -0.2) is 9.37 Å². The van der Waals surface area contributed by atoms with Crippen LogP contribution in [0.5, 0.6) is 0 Å². The Balaban J connectivity index is 1.88. The van der Waals surface area contributed by atoms with Gasteiger partial charge in [-0.15, -0.1) is 0 Å². The second-order valence-corrected chi connectivity index (χ2v) is 6.32. The molecule has 0 saturated heterocycles. The third kappa shape index (κ3) is 2.50. The summed E-state index contributed by atoms with van der Waals surface area (Å²) in [6, 6.07) is 12.9. The Kier molecular flexibility index (Phi) is 3.63. The van der Waals surface area contributed by atoms with E-state index in [1.807, 2.05) is 12.1 Å². The molecule has 0 saturated carbocycles. The van der Waals surface area contributed by atoms with Crippen LogP contribution in [0.3, 0.4) is 0 Å². The molecule has 7 heteroatoms. The van der Waals surface area contributed by atoms with Crippen molar-refractivity contribution in [2.45, 2.75) is 0 Å². The molecule has 118 valence electrons. The third-order valence-corrected chi connectivity index (χ3v) is 4.68. The summed E-state index contributed by atoms with van der Waals surface area (Å²) in [5.74, 6) is -0.358. The molecule has 0 amide bonds. The predicted octanol–water partition coefficient (Wildman–Crippen LogP) is 4.30. The van der Waals surface area contributed by atoms with Crippen molar-refractivity contribution in [2.75, 3.05) is 0 Å². The summed E-state index contributed by atoms with van der Waals surface area (Å²) in [5.41, 5.74) is 2.36. The van der Waals surface area contributed by atoms with Crippen molar-refractivity contribution in [3.63, 3.8) is 0 Å². The van der Waals surface area contributed by atoms with E-state index in [0.717, 1.165) is 17.1 Å². The van der Waals surface area contributed by atoms with Crippen LogP contribution in [0.2, 0.25) is 5.02 Å². The minimum atomic E-state index is -0.358. The molecule has 0 unspecified atom stereocenters. The second-order valence-electron chi connectivity index (χ2n) is 5.11. The molecule has 4 nitrogen and oxygen atoms in total. The molecule has 4 aromatic rings. The van der Waals surface area contributed by atoms with Gasteiger partial charge in [0.15, 0.2) is 0 Å². The number of aromatic nitrogens is 3. The molecule has 2 aromatic heterocycles. The highest BCUT2D eigenvalue weighted by molar-refractivity contribution is 7.13. The minimum absolute atomic E-state index is 0.232. The van der Waals surface area contributed by atoms with Crippen LogP contribution in [-0.2, 0) is 0 Å². The normalized spacial score (nSPS) is 11.1. The Morgan fingerprint density at radius 3 is 2.46 bits per heavy atom. The van der Waals surface area contributed by atoms with Crippen molar-refractivity contribution in [3.8, 4) is 16.9 Å². The number of nitrogens with zero attached hydrogens (tertiary/aromatic N) is 3. The maximum atomic E-state index is 13.1. The molecule has 0 atom stereocenters. The molecule has 2 aromatic carbocycles. The van der Waals surface area contributed by atoms with Gasteiger partial charge in [-0.1, -0.05) is 23.7 Å². The van der Waals surface area contributed by atoms with E-state index in [9.17, 15) is 9.18 Å². The van der Waals surface area contributed by atoms with Crippen molar-refractivity contribution in [2.24, 2.45) is 0 Å². The third-order valence-electron chi connectivity index (χ3n) is 3.61. The first-order valence-corrected chi connectivity index (χ1v) is 8.17. The van der Waals surface area contributed by atoms with Gasteiger partial charge in [-0.3, -0.25) is 9.36 Å². The van der Waals surface area contributed by atoms with Crippen LogP contribution < -0.4 is 5.56 Å². The van der Waals surface area contributed by atoms with E-state index in [1.54, 1.807) is 12.1 Å². The van der Waals surface area contributed by atoms with Gasteiger partial charge in [-0.05, 0) is 47.9 Å². The first-order chi connectivity index (χ1) is 11.6. The molecule has 0 fully saturated rings. The fraction of sp³-hybridized carbons (Fsp3) is 0. The van der Waals surface area contributed by atoms with E-state index in [2.05, 4.69) is 9.36 Å². The van der Waals surface area contributed by atoms with E-state index in [-0.39, 0.29) is 11.4 Å². The number of hydrogen-bond acceptors (Lipinski definition) is 4. The number of hydrogen-bond donors (Lipinski definition) is 0. The fourth-order valence-corrected chi connectivity index (χ4v) is 3.32. The summed E-state index contributed by atoms with van der Waals surface area (Å²) in [5, 5.41) is 0.630. The first-order valence-electron chi connectivity index (χ1n) is 7.02. The van der Waals surface area contributed by atoms with Crippen molar-refractivity contribution in [3.05, 3.63) is 76.1 Å². The lowest BCUT2D eigenvalue weighted by molar-refractivity contribution is 0.627. The van der Waals surface area contributed by atoms with Gasteiger partial charge in [0.1, 0.15) is 28.1 Å². The van der Waals surface area contributed by atoms with E-state index >= 15 is 0 Å². The lowest BCUT2D eigenvalue weighted by Gasteiger charge is -2.05. The van der Waals surface area contributed by atoms with E-state index in [1.165, 1.54) is 35.2 Å². The van der Waals surface area contributed by atoms with Crippen molar-refractivity contribution in [1.29, 1.82) is 0 Å². The standard InChI is InChI=1S/C17H9ClFN3OS/c18-11-3-1-10(2-4-11)14-15-16(24-21-14)17(23)22(9-20-15)13-7-5-12(19)6-8-13/h1-9H. The quantitative estimate of drug-likeness (QED) is 0.537. The Bertz CT molecular complexity index is 1090. The van der Waals surface area contributed by atoms with Gasteiger partial charge >= 0.3 is 0 Å². The average Bonchev–Trinajstić information content (AvgIpc) is 3.02. The smallest absolute Gasteiger partial charge is 0.267 e. The number of fused-ring (bicyclic) bond motifs is 1. The maximum absolute atomic E-state index is 13.1. The zero-order valence-corrected chi connectivity index (χ0v) is 13.7. The van der Waals surface area contributed by atoms with Gasteiger partial charge in [-0.2, -0.15) is 4.37 Å². The van der Waals surface area contributed by atoms with Gasteiger partial charge in [0, 0.05) is 10.6 Å². The van der Waals surface area contributed by atoms with Crippen LogP contribution in [0.1, 0.15) is 0 Å². The highest BCUT2D eigenvalue weighted by atomic mass is 35.5. The van der Waals surface area contributed by atoms with Crippen molar-refractivity contribution >= 4 is 33.4 Å². The van der Waals surface area contributed by atoms with Crippen LogP contribution in [0.25, 0.3) is 27.2 Å². The molecule has 0 radical (unpaired) electrons. The topological polar surface area (TPSA) is 47.8 Å². The van der Waals surface area contributed by atoms with E-state index in [0.29, 0.717) is 26.6 Å². The molecule has 0 aliphatic rings. The lowest BCUT2D eigenvalue weighted by Crippen LogP contribution is -2.17. The minimum Gasteiger partial charge on any atom is -0.267 e. The predicted molar refractivity (Wildman–Crippen MR) is 93.4 cm³/mol. The molecule has 0 bridgehead atoms. The van der Waals surface area contributed by atoms with Crippen molar-refractivity contribution < 1.29 is 4.39 Å². The Hall–Kier alpha value is -2.57. The SMILES string of the molecule is O=c1c2snc(-c3ccc(Cl)cc3)c2ncn1-c1ccc(F)cc1. The maximum Gasteiger partial charge on any atom is 0.277 e. The molecule has 0 N–H and O–H groups in total. The van der Waals surface area contributed by atoms with Crippen LogP contribution in [-0.4, -0.2) is 13.9 Å². The lowest BCUT2D eigenvalue weighted by atomic mass is 10.1. The second kappa shape index (κ2) is 5.81. The highest BCUT2D eigenvalue weighted by Gasteiger charge is 2.15. The average molecular weight is 358 g/mol. The zero-order valence-electron chi connectivity index (χ0n) is 12.1. The number of halogens is 2. The van der Waals surface area contributed by atoms with Crippen LogP contribution in [0.15, 0.2) is 59.7 Å². The summed E-state index contributed by atoms with van der Waals surface area (Å²) >= 11 is 7.00. The Morgan fingerprint density at radius 1 is 1.04 bits per heavy atom. The van der Waals surface area contributed by atoms with Crippen molar-refractivity contribution in [1.82, 2.24) is 13.9 Å². The van der Waals surface area contributed by atoms with Gasteiger partial charge in [0.2, 0.25) is 0 Å². The summed E-state index contributed by atoms with van der Waals surface area (Å²) in [4.78, 5) is 17.1. The van der Waals surface area contributed by atoms with E-state index < -0.39 is 0 Å². The van der Waals surface area contributed by atoms with E-state index in [4.69, 9.17) is 11.6 Å². The molecular formula is C17H9ClFN3OS. The number of benzene rings is 2. The van der Waals surface area contributed by atoms with Gasteiger partial charge in [0.05, 0.1) is 5.69 Å². The Morgan fingerprint density at radius 2 is 1.75 bits per heavy atom. The summed E-state index contributed by atoms with van der Waals surface area (Å²) < 4.78 is 19.3. The van der Waals surface area contributed by atoms with Crippen LogP contribution in [0.4, 0.5) is 4.39 Å². The summed E-state index contributed by atoms with van der Waals surface area (Å²) in [6.45, 7) is 0. The highest BCUT2D eigenvalue weighted by Crippen LogP contribution is 2.28. The van der Waals surface area contributed by atoms with Crippen LogP contribution >= 0.6 is 23.1 Å². The number of rotatable bonds is 2. The zero-order chi connectivity index (χ0) is 16.7. The summed E-state index contributed by atoms with van der Waals surface area (Å²) in [6.07, 6.45) is 1.44. The monoisotopic (exact) mass is 357 g/mol. The Labute approximate surface area is 145 Å². The molecule has 4 rings (SSSR count). The van der Waals surface area contributed by atoms with Gasteiger partial charge < -0.3 is 0 Å².